The van der Waals surface area contributed by atoms with E-state index < -0.39 is 43.0 Å². The molecule has 0 amide bonds. The molecule has 5 N–H and O–H groups in total. The van der Waals surface area contributed by atoms with E-state index in [-0.39, 0.29) is 5.75 Å². The van der Waals surface area contributed by atoms with Crippen LogP contribution in [-0.4, -0.2) is 61.9 Å². The lowest BCUT2D eigenvalue weighted by molar-refractivity contribution is -0.127. The number of aliphatic hydroxyl groups is 5. The van der Waals surface area contributed by atoms with Gasteiger partial charge in [0, 0.05) is 5.92 Å². The first-order valence-electron chi connectivity index (χ1n) is 6.67. The lowest BCUT2D eigenvalue weighted by Gasteiger charge is -2.25. The van der Waals surface area contributed by atoms with Gasteiger partial charge in [-0.2, -0.15) is 4.99 Å². The molecule has 1 aliphatic carbocycles. The molecule has 0 heterocycles. The van der Waals surface area contributed by atoms with Gasteiger partial charge < -0.3 is 30.3 Å². The third-order valence-electron chi connectivity index (χ3n) is 3.82. The van der Waals surface area contributed by atoms with E-state index in [0.29, 0.717) is 5.69 Å². The standard InChI is InChI=1S/C14H17NO6S/c16-5-9-11(17)10(13(19)12(9)18)14(20)21-8-3-1-7(2-4-8)15-6-22/h1-4,9-14,16-20H,5H2. The minimum atomic E-state index is -1.55. The summed E-state index contributed by atoms with van der Waals surface area (Å²) in [7, 11) is 0. The molecule has 6 unspecified atom stereocenters. The summed E-state index contributed by atoms with van der Waals surface area (Å²) in [6, 6.07) is 6.24. The second kappa shape index (κ2) is 7.26. The van der Waals surface area contributed by atoms with E-state index in [1.54, 1.807) is 12.1 Å². The van der Waals surface area contributed by atoms with Crippen LogP contribution >= 0.6 is 12.2 Å². The molecule has 0 aliphatic heterocycles. The fourth-order valence-corrected chi connectivity index (χ4v) is 2.70. The van der Waals surface area contributed by atoms with E-state index in [4.69, 9.17) is 9.84 Å². The third-order valence-corrected chi connectivity index (χ3v) is 3.92. The van der Waals surface area contributed by atoms with E-state index in [1.165, 1.54) is 12.1 Å². The maximum Gasteiger partial charge on any atom is 0.205 e. The summed E-state index contributed by atoms with van der Waals surface area (Å²) in [5.74, 6) is -1.78. The summed E-state index contributed by atoms with van der Waals surface area (Å²) < 4.78 is 5.27. The number of hydrogen-bond acceptors (Lipinski definition) is 8. The highest BCUT2D eigenvalue weighted by molar-refractivity contribution is 7.78. The first-order chi connectivity index (χ1) is 10.5. The average Bonchev–Trinajstić information content (AvgIpc) is 2.71. The fourth-order valence-electron chi connectivity index (χ4n) is 2.59. The van der Waals surface area contributed by atoms with Gasteiger partial charge in [0.05, 0.1) is 41.7 Å². The van der Waals surface area contributed by atoms with Crippen LogP contribution in [0.5, 0.6) is 5.75 Å². The summed E-state index contributed by atoms with van der Waals surface area (Å²) in [6.07, 6.45) is -5.57. The monoisotopic (exact) mass is 327 g/mol. The topological polar surface area (TPSA) is 123 Å². The minimum absolute atomic E-state index is 0.289. The zero-order valence-corrected chi connectivity index (χ0v) is 12.3. The van der Waals surface area contributed by atoms with Crippen molar-refractivity contribution in [1.82, 2.24) is 0 Å². The molecule has 0 aromatic heterocycles. The molecular formula is C14H17NO6S. The highest BCUT2D eigenvalue weighted by Gasteiger charge is 2.52. The predicted molar refractivity (Wildman–Crippen MR) is 79.8 cm³/mol. The summed E-state index contributed by atoms with van der Waals surface area (Å²) >= 11 is 4.48. The number of aliphatic hydroxyl groups excluding tert-OH is 5. The smallest absolute Gasteiger partial charge is 0.205 e. The second-order valence-electron chi connectivity index (χ2n) is 5.10. The Morgan fingerprint density at radius 3 is 2.27 bits per heavy atom. The Hall–Kier alpha value is -1.38. The van der Waals surface area contributed by atoms with E-state index >= 15 is 0 Å². The van der Waals surface area contributed by atoms with Gasteiger partial charge in [0.15, 0.2) is 0 Å². The van der Waals surface area contributed by atoms with Gasteiger partial charge in [-0.15, -0.1) is 0 Å². The molecular weight excluding hydrogens is 310 g/mol. The largest absolute Gasteiger partial charge is 0.465 e. The molecule has 1 fully saturated rings. The lowest BCUT2D eigenvalue weighted by Crippen LogP contribution is -2.40. The summed E-state index contributed by atoms with van der Waals surface area (Å²) in [5, 5.41) is 51.0. The number of benzene rings is 1. The second-order valence-corrected chi connectivity index (χ2v) is 5.28. The van der Waals surface area contributed by atoms with Crippen LogP contribution in [0.3, 0.4) is 0 Å². The van der Waals surface area contributed by atoms with Crippen LogP contribution in [0.2, 0.25) is 0 Å². The van der Waals surface area contributed by atoms with Gasteiger partial charge in [0.25, 0.3) is 0 Å². The number of isothiocyanates is 1. The molecule has 1 aliphatic rings. The molecule has 0 saturated heterocycles. The molecule has 1 aromatic rings. The van der Waals surface area contributed by atoms with Crippen molar-refractivity contribution in [3.05, 3.63) is 24.3 Å². The predicted octanol–water partition coefficient (Wildman–Crippen LogP) is -0.561. The van der Waals surface area contributed by atoms with E-state index in [1.807, 2.05) is 0 Å². The van der Waals surface area contributed by atoms with Crippen molar-refractivity contribution in [2.45, 2.75) is 24.6 Å². The molecule has 8 heteroatoms. The summed E-state index contributed by atoms with van der Waals surface area (Å²) in [6.45, 7) is -0.507. The molecule has 7 nitrogen and oxygen atoms in total. The van der Waals surface area contributed by atoms with Crippen LogP contribution < -0.4 is 4.74 Å². The molecule has 1 saturated carbocycles. The zero-order chi connectivity index (χ0) is 16.3. The van der Waals surface area contributed by atoms with Crippen LogP contribution in [0, 0.1) is 11.8 Å². The van der Waals surface area contributed by atoms with Gasteiger partial charge in [0.2, 0.25) is 6.29 Å². The maximum atomic E-state index is 10.1. The Balaban J connectivity index is 2.08. The summed E-state index contributed by atoms with van der Waals surface area (Å²) in [4.78, 5) is 3.77. The number of hydrogen-bond donors (Lipinski definition) is 5. The zero-order valence-electron chi connectivity index (χ0n) is 11.5. The van der Waals surface area contributed by atoms with Crippen molar-refractivity contribution < 1.29 is 30.3 Å². The highest BCUT2D eigenvalue weighted by atomic mass is 32.1. The Bertz CT molecular complexity index is 547. The first kappa shape index (κ1) is 17.0. The molecule has 22 heavy (non-hydrogen) atoms. The Morgan fingerprint density at radius 1 is 1.14 bits per heavy atom. The molecule has 2 rings (SSSR count). The van der Waals surface area contributed by atoms with Gasteiger partial charge in [0.1, 0.15) is 5.75 Å². The van der Waals surface area contributed by atoms with Crippen LogP contribution in [0.4, 0.5) is 5.69 Å². The van der Waals surface area contributed by atoms with Crippen molar-refractivity contribution in [1.29, 1.82) is 0 Å². The van der Waals surface area contributed by atoms with Gasteiger partial charge in [-0.25, -0.2) is 0 Å². The number of nitrogens with zero attached hydrogens (tertiary/aromatic N) is 1. The van der Waals surface area contributed by atoms with E-state index in [2.05, 4.69) is 22.4 Å². The molecule has 0 spiro atoms. The number of rotatable bonds is 5. The van der Waals surface area contributed by atoms with Crippen LogP contribution in [-0.2, 0) is 0 Å². The Kier molecular flexibility index (Phi) is 5.60. The number of thiocarbonyl (C=S) groups is 1. The van der Waals surface area contributed by atoms with Gasteiger partial charge in [-0.3, -0.25) is 0 Å². The van der Waals surface area contributed by atoms with E-state index in [9.17, 15) is 20.4 Å². The quantitative estimate of drug-likeness (QED) is 0.279. The fraction of sp³-hybridized carbons (Fsp3) is 0.500. The highest BCUT2D eigenvalue weighted by Crippen LogP contribution is 2.35. The summed E-state index contributed by atoms with van der Waals surface area (Å²) in [5.41, 5.74) is 0.563. The number of aliphatic imine (C=N–C) groups is 1. The first-order valence-corrected chi connectivity index (χ1v) is 7.08. The van der Waals surface area contributed by atoms with Crippen molar-refractivity contribution in [3.63, 3.8) is 0 Å². The van der Waals surface area contributed by atoms with E-state index in [0.717, 1.165) is 0 Å². The van der Waals surface area contributed by atoms with Gasteiger partial charge in [-0.05, 0) is 36.5 Å². The van der Waals surface area contributed by atoms with Crippen molar-refractivity contribution >= 4 is 23.1 Å². The molecule has 6 atom stereocenters. The Labute approximate surface area is 132 Å². The SMILES string of the molecule is OCC1C(O)C(O)C(C(O)Oc2ccc(N=C=S)cc2)C1O. The lowest BCUT2D eigenvalue weighted by atomic mass is 10.00. The van der Waals surface area contributed by atoms with Crippen LogP contribution in [0.1, 0.15) is 0 Å². The average molecular weight is 327 g/mol. The molecule has 120 valence electrons. The van der Waals surface area contributed by atoms with Crippen LogP contribution in [0.15, 0.2) is 29.3 Å². The number of ether oxygens (including phenoxy) is 1. The van der Waals surface area contributed by atoms with Crippen molar-refractivity contribution in [3.8, 4) is 5.75 Å². The van der Waals surface area contributed by atoms with Crippen molar-refractivity contribution in [2.75, 3.05) is 6.61 Å². The molecule has 0 bridgehead atoms. The van der Waals surface area contributed by atoms with Gasteiger partial charge in [-0.1, -0.05) is 0 Å². The third kappa shape index (κ3) is 3.34. The maximum absolute atomic E-state index is 10.1. The van der Waals surface area contributed by atoms with Crippen LogP contribution in [0.25, 0.3) is 0 Å². The minimum Gasteiger partial charge on any atom is -0.465 e. The molecule has 0 radical (unpaired) electrons. The molecule has 1 aromatic carbocycles. The van der Waals surface area contributed by atoms with Gasteiger partial charge >= 0.3 is 0 Å². The Morgan fingerprint density at radius 2 is 1.77 bits per heavy atom. The normalized spacial score (nSPS) is 32.3. The van der Waals surface area contributed by atoms with Crippen molar-refractivity contribution in [2.24, 2.45) is 16.8 Å².